The zero-order valence-electron chi connectivity index (χ0n) is 11.4. The third-order valence-electron chi connectivity index (χ3n) is 4.19. The molecular weight excluding hydrogens is 252 g/mol. The fourth-order valence-electron chi connectivity index (χ4n) is 2.63. The molecule has 2 aliphatic rings. The number of carbonyl (C=O) groups is 1. The summed E-state index contributed by atoms with van der Waals surface area (Å²) in [6.45, 7) is 1.82. The van der Waals surface area contributed by atoms with E-state index in [4.69, 9.17) is 0 Å². The summed E-state index contributed by atoms with van der Waals surface area (Å²) in [5.41, 5.74) is 1.48. The van der Waals surface area contributed by atoms with Crippen LogP contribution in [-0.4, -0.2) is 38.5 Å². The maximum atomic E-state index is 12.8. The molecule has 0 bridgehead atoms. The molecule has 4 rings (SSSR count). The van der Waals surface area contributed by atoms with Gasteiger partial charge in [0.15, 0.2) is 0 Å². The summed E-state index contributed by atoms with van der Waals surface area (Å²) in [7, 11) is 0. The number of fused-ring (bicyclic) bond motifs is 1. The third kappa shape index (κ3) is 2.28. The molecule has 0 N–H and O–H groups in total. The summed E-state index contributed by atoms with van der Waals surface area (Å²) in [4.78, 5) is 18.9. The molecule has 0 aromatic carbocycles. The van der Waals surface area contributed by atoms with Gasteiger partial charge in [-0.15, -0.1) is 0 Å². The van der Waals surface area contributed by atoms with Crippen molar-refractivity contribution in [3.63, 3.8) is 0 Å². The molecule has 0 atom stereocenters. The van der Waals surface area contributed by atoms with Gasteiger partial charge < -0.3 is 4.90 Å². The lowest BCUT2D eigenvalue weighted by atomic mass is 10.2. The Morgan fingerprint density at radius 3 is 2.55 bits per heavy atom. The van der Waals surface area contributed by atoms with Gasteiger partial charge in [0.2, 0.25) is 0 Å². The molecule has 0 aliphatic heterocycles. The van der Waals surface area contributed by atoms with Crippen LogP contribution in [0, 0.1) is 11.8 Å². The smallest absolute Gasteiger partial charge is 0.257 e. The van der Waals surface area contributed by atoms with E-state index in [0.717, 1.165) is 30.4 Å². The first-order valence-corrected chi connectivity index (χ1v) is 7.38. The van der Waals surface area contributed by atoms with Crippen LogP contribution in [0.15, 0.2) is 24.8 Å². The molecule has 0 spiro atoms. The van der Waals surface area contributed by atoms with E-state index >= 15 is 0 Å². The summed E-state index contributed by atoms with van der Waals surface area (Å²) in [6.07, 6.45) is 11.9. The summed E-state index contributed by atoms with van der Waals surface area (Å²) in [5, 5.41) is 4.24. The molecule has 0 radical (unpaired) electrons. The topological polar surface area (TPSA) is 50.5 Å². The normalized spacial score (nSPS) is 18.4. The predicted octanol–water partition coefficient (Wildman–Crippen LogP) is 1.99. The second-order valence-corrected chi connectivity index (χ2v) is 6.06. The van der Waals surface area contributed by atoms with Crippen LogP contribution in [0.25, 0.3) is 5.52 Å². The minimum atomic E-state index is 0.117. The highest BCUT2D eigenvalue weighted by Crippen LogP contribution is 2.34. The van der Waals surface area contributed by atoms with Crippen molar-refractivity contribution < 1.29 is 4.79 Å². The van der Waals surface area contributed by atoms with Gasteiger partial charge in [-0.1, -0.05) is 0 Å². The van der Waals surface area contributed by atoms with Crippen molar-refractivity contribution in [2.45, 2.75) is 25.7 Å². The zero-order valence-corrected chi connectivity index (χ0v) is 11.4. The number of amides is 1. The van der Waals surface area contributed by atoms with Gasteiger partial charge in [0, 0.05) is 25.5 Å². The molecule has 2 fully saturated rings. The van der Waals surface area contributed by atoms with Gasteiger partial charge in [-0.05, 0) is 37.5 Å². The quantitative estimate of drug-likeness (QED) is 0.835. The van der Waals surface area contributed by atoms with E-state index in [1.165, 1.54) is 25.7 Å². The highest BCUT2D eigenvalue weighted by atomic mass is 16.2. The first-order valence-electron chi connectivity index (χ1n) is 7.38. The predicted molar refractivity (Wildman–Crippen MR) is 74.3 cm³/mol. The third-order valence-corrected chi connectivity index (χ3v) is 4.19. The van der Waals surface area contributed by atoms with Gasteiger partial charge in [0.1, 0.15) is 0 Å². The van der Waals surface area contributed by atoms with Crippen molar-refractivity contribution in [3.8, 4) is 0 Å². The number of aromatic nitrogens is 3. The van der Waals surface area contributed by atoms with E-state index in [0.29, 0.717) is 5.56 Å². The Labute approximate surface area is 117 Å². The number of hydrogen-bond acceptors (Lipinski definition) is 3. The van der Waals surface area contributed by atoms with Crippen LogP contribution in [0.3, 0.4) is 0 Å². The molecule has 2 aliphatic carbocycles. The van der Waals surface area contributed by atoms with E-state index in [-0.39, 0.29) is 5.91 Å². The Hall–Kier alpha value is -1.91. The van der Waals surface area contributed by atoms with Crippen molar-refractivity contribution in [1.82, 2.24) is 19.5 Å². The molecule has 2 aromatic rings. The van der Waals surface area contributed by atoms with Crippen LogP contribution < -0.4 is 0 Å². The molecule has 5 nitrogen and oxygen atoms in total. The lowest BCUT2D eigenvalue weighted by Gasteiger charge is -2.22. The van der Waals surface area contributed by atoms with Crippen LogP contribution in [0.2, 0.25) is 0 Å². The Balaban J connectivity index is 1.61. The van der Waals surface area contributed by atoms with Crippen molar-refractivity contribution in [2.24, 2.45) is 11.8 Å². The van der Waals surface area contributed by atoms with Gasteiger partial charge in [-0.2, -0.15) is 5.10 Å². The zero-order chi connectivity index (χ0) is 13.5. The SMILES string of the molecule is O=C(c1cnn2ccncc12)N(CC1CC1)CC1CC1. The first-order chi connectivity index (χ1) is 9.81. The van der Waals surface area contributed by atoms with Crippen molar-refractivity contribution >= 4 is 11.4 Å². The molecule has 20 heavy (non-hydrogen) atoms. The minimum Gasteiger partial charge on any atom is -0.338 e. The lowest BCUT2D eigenvalue weighted by molar-refractivity contribution is 0.0741. The second kappa shape index (κ2) is 4.58. The van der Waals surface area contributed by atoms with E-state index in [1.54, 1.807) is 29.3 Å². The molecule has 1 amide bonds. The van der Waals surface area contributed by atoms with Gasteiger partial charge in [-0.3, -0.25) is 9.78 Å². The lowest BCUT2D eigenvalue weighted by Crippen LogP contribution is -2.34. The van der Waals surface area contributed by atoms with E-state index in [1.807, 2.05) is 4.90 Å². The summed E-state index contributed by atoms with van der Waals surface area (Å²) < 4.78 is 1.71. The average molecular weight is 270 g/mol. The Bertz CT molecular complexity index is 628. The molecule has 104 valence electrons. The number of rotatable bonds is 5. The summed E-state index contributed by atoms with van der Waals surface area (Å²) in [5.74, 6) is 1.56. The van der Waals surface area contributed by atoms with Crippen molar-refractivity contribution in [1.29, 1.82) is 0 Å². The molecular formula is C15H18N4O. The van der Waals surface area contributed by atoms with Crippen molar-refractivity contribution in [2.75, 3.05) is 13.1 Å². The molecule has 0 saturated heterocycles. The highest BCUT2D eigenvalue weighted by molar-refractivity contribution is 6.00. The summed E-state index contributed by atoms with van der Waals surface area (Å²) >= 11 is 0. The van der Waals surface area contributed by atoms with E-state index < -0.39 is 0 Å². The van der Waals surface area contributed by atoms with E-state index in [9.17, 15) is 4.79 Å². The van der Waals surface area contributed by atoms with Crippen LogP contribution in [0.5, 0.6) is 0 Å². The van der Waals surface area contributed by atoms with Gasteiger partial charge in [0.25, 0.3) is 5.91 Å². The number of carbonyl (C=O) groups excluding carboxylic acids is 1. The Morgan fingerprint density at radius 1 is 1.20 bits per heavy atom. The maximum Gasteiger partial charge on any atom is 0.257 e. The van der Waals surface area contributed by atoms with Gasteiger partial charge >= 0.3 is 0 Å². The summed E-state index contributed by atoms with van der Waals surface area (Å²) in [6, 6.07) is 0. The average Bonchev–Trinajstić information content (AvgIpc) is 3.38. The molecule has 5 heteroatoms. The van der Waals surface area contributed by atoms with Gasteiger partial charge in [-0.25, -0.2) is 4.52 Å². The number of hydrogen-bond donors (Lipinski definition) is 0. The van der Waals surface area contributed by atoms with Crippen molar-refractivity contribution in [3.05, 3.63) is 30.4 Å². The minimum absolute atomic E-state index is 0.117. The van der Waals surface area contributed by atoms with Crippen LogP contribution in [0.4, 0.5) is 0 Å². The van der Waals surface area contributed by atoms with E-state index in [2.05, 4.69) is 10.1 Å². The molecule has 0 unspecified atom stereocenters. The van der Waals surface area contributed by atoms with Crippen LogP contribution in [-0.2, 0) is 0 Å². The molecule has 2 heterocycles. The monoisotopic (exact) mass is 270 g/mol. The fourth-order valence-corrected chi connectivity index (χ4v) is 2.63. The first kappa shape index (κ1) is 11.9. The Kier molecular flexibility index (Phi) is 2.72. The number of nitrogens with zero attached hydrogens (tertiary/aromatic N) is 4. The second-order valence-electron chi connectivity index (χ2n) is 6.06. The molecule has 2 saturated carbocycles. The van der Waals surface area contributed by atoms with Crippen LogP contribution >= 0.6 is 0 Å². The standard InChI is InChI=1S/C15H18N4O/c20-15(13-7-17-19-6-5-16-8-14(13)19)18(9-11-1-2-11)10-12-3-4-12/h5-8,11-12H,1-4,9-10H2. The maximum absolute atomic E-state index is 12.8. The largest absolute Gasteiger partial charge is 0.338 e. The Morgan fingerprint density at radius 2 is 1.90 bits per heavy atom. The molecule has 2 aromatic heterocycles. The highest BCUT2D eigenvalue weighted by Gasteiger charge is 2.32. The fraction of sp³-hybridized carbons (Fsp3) is 0.533. The van der Waals surface area contributed by atoms with Gasteiger partial charge in [0.05, 0.1) is 23.5 Å². The van der Waals surface area contributed by atoms with Crippen LogP contribution in [0.1, 0.15) is 36.0 Å².